The van der Waals surface area contributed by atoms with Gasteiger partial charge in [0, 0.05) is 29.4 Å². The van der Waals surface area contributed by atoms with Crippen LogP contribution in [0.4, 0.5) is 0 Å². The van der Waals surface area contributed by atoms with Gasteiger partial charge in [-0.25, -0.2) is 0 Å². The van der Waals surface area contributed by atoms with E-state index in [4.69, 9.17) is 0 Å². The summed E-state index contributed by atoms with van der Waals surface area (Å²) in [5.41, 5.74) is 1.80. The number of rotatable bonds is 3. The molecule has 0 radical (unpaired) electrons. The number of aliphatic carboxylic acids is 1. The zero-order chi connectivity index (χ0) is 17.4. The van der Waals surface area contributed by atoms with Gasteiger partial charge >= 0.3 is 5.97 Å². The van der Waals surface area contributed by atoms with Gasteiger partial charge < -0.3 is 10.0 Å². The fourth-order valence-corrected chi connectivity index (χ4v) is 3.55. The molecule has 0 aromatic heterocycles. The molecular weight excluding hydrogens is 308 g/mol. The summed E-state index contributed by atoms with van der Waals surface area (Å²) < 4.78 is 0. The molecule has 1 aromatic carbocycles. The van der Waals surface area contributed by atoms with Gasteiger partial charge in [-0.3, -0.25) is 19.3 Å². The van der Waals surface area contributed by atoms with E-state index in [0.717, 1.165) is 5.56 Å². The lowest BCUT2D eigenvalue weighted by molar-refractivity contribution is -0.149. The largest absolute Gasteiger partial charge is 0.481 e. The van der Waals surface area contributed by atoms with Gasteiger partial charge in [0.2, 0.25) is 5.91 Å². The molecule has 126 valence electrons. The van der Waals surface area contributed by atoms with Gasteiger partial charge in [-0.2, -0.15) is 0 Å². The highest BCUT2D eigenvalue weighted by molar-refractivity contribution is 6.10. The summed E-state index contributed by atoms with van der Waals surface area (Å²) in [4.78, 5) is 39.4. The van der Waals surface area contributed by atoms with Gasteiger partial charge in [-0.15, -0.1) is 0 Å². The maximum atomic E-state index is 12.7. The molecule has 1 aromatic rings. The summed E-state index contributed by atoms with van der Waals surface area (Å²) in [6.07, 6.45) is 1.23. The first-order valence-electron chi connectivity index (χ1n) is 8.04. The van der Waals surface area contributed by atoms with Crippen LogP contribution in [0, 0.1) is 5.92 Å². The predicted octanol–water partition coefficient (Wildman–Crippen LogP) is 1.82. The van der Waals surface area contributed by atoms with Crippen LogP contribution in [0.5, 0.6) is 0 Å². The molecule has 0 spiro atoms. The number of hydrogen-bond donors (Lipinski definition) is 1. The minimum atomic E-state index is -0.880. The van der Waals surface area contributed by atoms with Crippen molar-refractivity contribution in [1.82, 2.24) is 9.80 Å². The van der Waals surface area contributed by atoms with Crippen LogP contribution in [-0.2, 0) is 9.59 Å². The minimum absolute atomic E-state index is 0.108. The Morgan fingerprint density at radius 3 is 2.58 bits per heavy atom. The molecule has 2 amide bonds. The number of nitrogens with zero attached hydrogens (tertiary/aromatic N) is 2. The number of amides is 2. The zero-order valence-corrected chi connectivity index (χ0v) is 13.6. The predicted molar refractivity (Wildman–Crippen MR) is 88.0 cm³/mol. The van der Waals surface area contributed by atoms with Crippen molar-refractivity contribution < 1.29 is 19.5 Å². The van der Waals surface area contributed by atoms with Gasteiger partial charge in [0.25, 0.3) is 5.91 Å². The molecule has 2 atom stereocenters. The molecule has 6 nitrogen and oxygen atoms in total. The van der Waals surface area contributed by atoms with Crippen LogP contribution in [0.25, 0.3) is 5.70 Å². The van der Waals surface area contributed by atoms with Gasteiger partial charge in [0.15, 0.2) is 0 Å². The third-order valence-electron chi connectivity index (χ3n) is 4.96. The van der Waals surface area contributed by atoms with E-state index in [0.29, 0.717) is 30.6 Å². The Balaban J connectivity index is 1.75. The Kier molecular flexibility index (Phi) is 4.13. The van der Waals surface area contributed by atoms with Gasteiger partial charge in [0.1, 0.15) is 6.54 Å². The molecule has 1 saturated heterocycles. The monoisotopic (exact) mass is 328 g/mol. The first-order chi connectivity index (χ1) is 11.4. The number of piperidine rings is 1. The lowest BCUT2D eigenvalue weighted by Gasteiger charge is -2.38. The van der Waals surface area contributed by atoms with Crippen molar-refractivity contribution in [2.45, 2.75) is 25.8 Å². The Morgan fingerprint density at radius 1 is 1.29 bits per heavy atom. The second-order valence-corrected chi connectivity index (χ2v) is 6.30. The first kappa shape index (κ1) is 16.2. The van der Waals surface area contributed by atoms with Crippen molar-refractivity contribution in [1.29, 1.82) is 0 Å². The molecule has 2 aliphatic heterocycles. The highest BCUT2D eigenvalue weighted by Crippen LogP contribution is 2.31. The van der Waals surface area contributed by atoms with Crippen molar-refractivity contribution in [3.8, 4) is 0 Å². The molecule has 0 unspecified atom stereocenters. The van der Waals surface area contributed by atoms with Crippen molar-refractivity contribution in [2.24, 2.45) is 5.92 Å². The fourth-order valence-electron chi connectivity index (χ4n) is 3.55. The molecule has 2 heterocycles. The Morgan fingerprint density at radius 2 is 1.96 bits per heavy atom. The highest BCUT2D eigenvalue weighted by Gasteiger charge is 2.38. The molecular formula is C18H20N2O4. The van der Waals surface area contributed by atoms with Crippen molar-refractivity contribution >= 4 is 23.5 Å². The quantitative estimate of drug-likeness (QED) is 0.918. The highest BCUT2D eigenvalue weighted by atomic mass is 16.4. The average molecular weight is 328 g/mol. The molecule has 0 saturated carbocycles. The molecule has 3 rings (SSSR count). The van der Waals surface area contributed by atoms with Crippen LogP contribution in [0.1, 0.15) is 35.7 Å². The Hall–Kier alpha value is -2.63. The molecule has 6 heteroatoms. The summed E-state index contributed by atoms with van der Waals surface area (Å²) in [5, 5.41) is 9.28. The van der Waals surface area contributed by atoms with Crippen LogP contribution in [0.2, 0.25) is 0 Å². The summed E-state index contributed by atoms with van der Waals surface area (Å²) in [6, 6.07) is 6.75. The maximum absolute atomic E-state index is 12.7. The van der Waals surface area contributed by atoms with Crippen LogP contribution in [0.15, 0.2) is 30.8 Å². The molecule has 1 fully saturated rings. The minimum Gasteiger partial charge on any atom is -0.481 e. The van der Waals surface area contributed by atoms with Crippen molar-refractivity contribution in [3.05, 3.63) is 42.0 Å². The molecule has 0 aliphatic carbocycles. The van der Waals surface area contributed by atoms with E-state index in [9.17, 15) is 19.5 Å². The molecule has 2 aliphatic rings. The first-order valence-corrected chi connectivity index (χ1v) is 8.04. The average Bonchev–Trinajstić information content (AvgIpc) is 2.80. The molecule has 1 N–H and O–H groups in total. The van der Waals surface area contributed by atoms with E-state index in [1.807, 2.05) is 12.1 Å². The van der Waals surface area contributed by atoms with E-state index >= 15 is 0 Å². The molecule has 24 heavy (non-hydrogen) atoms. The van der Waals surface area contributed by atoms with Crippen molar-refractivity contribution in [3.63, 3.8) is 0 Å². The Bertz CT molecular complexity index is 692. The third-order valence-corrected chi connectivity index (χ3v) is 4.96. The third kappa shape index (κ3) is 2.58. The van der Waals surface area contributed by atoms with Crippen LogP contribution >= 0.6 is 0 Å². The van der Waals surface area contributed by atoms with E-state index in [-0.39, 0.29) is 24.4 Å². The van der Waals surface area contributed by atoms with Gasteiger partial charge in [0.05, 0.1) is 5.92 Å². The topological polar surface area (TPSA) is 77.9 Å². The SMILES string of the molecule is C=C1c2ccccc2C(=O)N1CC(=O)N1CCC[C@@H](C(=O)O)[C@H]1C. The van der Waals surface area contributed by atoms with Crippen LogP contribution in [-0.4, -0.2) is 51.8 Å². The van der Waals surface area contributed by atoms with E-state index < -0.39 is 11.9 Å². The number of benzene rings is 1. The number of likely N-dealkylation sites (tertiary alicyclic amines) is 1. The summed E-state index contributed by atoms with van der Waals surface area (Å²) in [7, 11) is 0. The summed E-state index contributed by atoms with van der Waals surface area (Å²) >= 11 is 0. The van der Waals surface area contributed by atoms with Gasteiger partial charge in [-0.1, -0.05) is 24.8 Å². The van der Waals surface area contributed by atoms with Crippen LogP contribution < -0.4 is 0 Å². The van der Waals surface area contributed by atoms with Gasteiger partial charge in [-0.05, 0) is 25.8 Å². The van der Waals surface area contributed by atoms with Crippen LogP contribution in [0.3, 0.4) is 0 Å². The number of carbonyl (C=O) groups is 3. The lowest BCUT2D eigenvalue weighted by atomic mass is 9.90. The zero-order valence-electron chi connectivity index (χ0n) is 13.6. The number of carboxylic acids is 1. The molecule has 0 bridgehead atoms. The lowest BCUT2D eigenvalue weighted by Crippen LogP contribution is -2.51. The fraction of sp³-hybridized carbons (Fsp3) is 0.389. The van der Waals surface area contributed by atoms with Crippen molar-refractivity contribution in [2.75, 3.05) is 13.1 Å². The number of hydrogen-bond acceptors (Lipinski definition) is 3. The number of carbonyl (C=O) groups excluding carboxylic acids is 2. The second-order valence-electron chi connectivity index (χ2n) is 6.30. The summed E-state index contributed by atoms with van der Waals surface area (Å²) in [5.74, 6) is -1.91. The smallest absolute Gasteiger partial charge is 0.308 e. The number of fused-ring (bicyclic) bond motifs is 1. The van der Waals surface area contributed by atoms with E-state index in [2.05, 4.69) is 6.58 Å². The maximum Gasteiger partial charge on any atom is 0.308 e. The second kappa shape index (κ2) is 6.11. The Labute approximate surface area is 140 Å². The summed E-state index contributed by atoms with van der Waals surface area (Å²) in [6.45, 7) is 6.09. The van der Waals surface area contributed by atoms with E-state index in [1.54, 1.807) is 24.0 Å². The van der Waals surface area contributed by atoms with E-state index in [1.165, 1.54) is 4.90 Å². The number of carboxylic acid groups (broad SMARTS) is 1. The normalized spacial score (nSPS) is 23.4. The standard InChI is InChI=1S/C18H20N2O4/c1-11-13-6-3-4-7-15(13)17(22)20(11)10-16(21)19-9-5-8-14(12(19)2)18(23)24/h3-4,6-7,12,14H,1,5,8-10H2,2H3,(H,23,24)/t12-,14-/m1/s1.